The van der Waals surface area contributed by atoms with Gasteiger partial charge in [-0.3, -0.25) is 19.2 Å². The van der Waals surface area contributed by atoms with Crippen molar-refractivity contribution in [1.82, 2.24) is 19.7 Å². The Hall–Kier alpha value is -3.75. The van der Waals surface area contributed by atoms with E-state index in [4.69, 9.17) is 5.73 Å². The van der Waals surface area contributed by atoms with Crippen molar-refractivity contribution in [3.05, 3.63) is 48.7 Å². The average Bonchev–Trinajstić information content (AvgIpc) is 3.09. The fourth-order valence-corrected chi connectivity index (χ4v) is 2.37. The number of carbonyl (C=O) groups is 2. The molecule has 0 aliphatic heterocycles. The van der Waals surface area contributed by atoms with Crippen molar-refractivity contribution in [3.63, 3.8) is 0 Å². The largest absolute Gasteiger partial charge is 0.397 e. The minimum Gasteiger partial charge on any atom is -0.397 e. The molecule has 9 heteroatoms. The summed E-state index contributed by atoms with van der Waals surface area (Å²) >= 11 is 0. The Morgan fingerprint density at radius 1 is 1.15 bits per heavy atom. The first-order valence-electron chi connectivity index (χ1n) is 8.11. The van der Waals surface area contributed by atoms with Gasteiger partial charge in [0.25, 0.3) is 5.91 Å². The molecule has 27 heavy (non-hydrogen) atoms. The third-order valence-electron chi connectivity index (χ3n) is 4.03. The van der Waals surface area contributed by atoms with Crippen LogP contribution in [-0.2, 0) is 11.8 Å². The SMILES string of the molecule is CC(=O)N(C)c1cnc(C(=O)Nc2cc(-c3cnn(C)c3)ccc2N)cn1. The van der Waals surface area contributed by atoms with E-state index in [1.165, 1.54) is 24.2 Å². The highest BCUT2D eigenvalue weighted by atomic mass is 16.2. The summed E-state index contributed by atoms with van der Waals surface area (Å²) in [5.41, 5.74) is 8.77. The van der Waals surface area contributed by atoms with Gasteiger partial charge in [-0.15, -0.1) is 0 Å². The van der Waals surface area contributed by atoms with Crippen molar-refractivity contribution in [2.24, 2.45) is 7.05 Å². The number of aryl methyl sites for hydroxylation is 1. The Bertz CT molecular complexity index is 995. The first kappa shape index (κ1) is 18.1. The van der Waals surface area contributed by atoms with Crippen molar-refractivity contribution in [1.29, 1.82) is 0 Å². The zero-order chi connectivity index (χ0) is 19.6. The van der Waals surface area contributed by atoms with Gasteiger partial charge in [-0.25, -0.2) is 9.97 Å². The molecule has 9 nitrogen and oxygen atoms in total. The molecule has 3 aromatic rings. The van der Waals surface area contributed by atoms with Crippen LogP contribution in [0.1, 0.15) is 17.4 Å². The quantitative estimate of drug-likeness (QED) is 0.679. The molecule has 138 valence electrons. The maximum absolute atomic E-state index is 12.5. The third kappa shape index (κ3) is 3.92. The average molecular weight is 365 g/mol. The van der Waals surface area contributed by atoms with Crippen LogP contribution in [0.2, 0.25) is 0 Å². The number of amides is 2. The summed E-state index contributed by atoms with van der Waals surface area (Å²) in [6.45, 7) is 1.42. The minimum absolute atomic E-state index is 0.113. The summed E-state index contributed by atoms with van der Waals surface area (Å²) in [6, 6.07) is 5.35. The molecule has 3 rings (SSSR count). The standard InChI is InChI=1S/C18H19N7O2/c1-11(26)25(3)17-9-20-16(8-21-17)18(27)23-15-6-12(4-5-14(15)19)13-7-22-24(2)10-13/h4-10H,19H2,1-3H3,(H,23,27). The molecule has 0 saturated carbocycles. The first-order chi connectivity index (χ1) is 12.8. The van der Waals surface area contributed by atoms with Gasteiger partial charge in [0.1, 0.15) is 5.69 Å². The highest BCUT2D eigenvalue weighted by Gasteiger charge is 2.13. The highest BCUT2D eigenvalue weighted by molar-refractivity contribution is 6.04. The lowest BCUT2D eigenvalue weighted by atomic mass is 10.1. The summed E-state index contributed by atoms with van der Waals surface area (Å²) < 4.78 is 1.69. The fraction of sp³-hybridized carbons (Fsp3) is 0.167. The van der Waals surface area contributed by atoms with E-state index in [0.29, 0.717) is 17.2 Å². The van der Waals surface area contributed by atoms with Crippen LogP contribution in [0.15, 0.2) is 43.0 Å². The number of nitrogens with one attached hydrogen (secondary N) is 1. The Labute approximate surface area is 155 Å². The van der Waals surface area contributed by atoms with Crippen molar-refractivity contribution >= 4 is 29.0 Å². The number of hydrogen-bond acceptors (Lipinski definition) is 6. The van der Waals surface area contributed by atoms with Crippen LogP contribution in [0.25, 0.3) is 11.1 Å². The third-order valence-corrected chi connectivity index (χ3v) is 4.03. The van der Waals surface area contributed by atoms with E-state index < -0.39 is 5.91 Å². The fourth-order valence-electron chi connectivity index (χ4n) is 2.37. The number of nitrogens with two attached hydrogens (primary N) is 1. The van der Waals surface area contributed by atoms with E-state index in [9.17, 15) is 9.59 Å². The van der Waals surface area contributed by atoms with Crippen LogP contribution in [-0.4, -0.2) is 38.6 Å². The monoisotopic (exact) mass is 365 g/mol. The number of anilines is 3. The maximum atomic E-state index is 12.5. The van der Waals surface area contributed by atoms with Gasteiger partial charge in [-0.1, -0.05) is 6.07 Å². The van der Waals surface area contributed by atoms with E-state index >= 15 is 0 Å². The summed E-state index contributed by atoms with van der Waals surface area (Å²) in [4.78, 5) is 33.3. The Kier molecular flexibility index (Phi) is 4.84. The second-order valence-electron chi connectivity index (χ2n) is 6.00. The zero-order valence-corrected chi connectivity index (χ0v) is 15.2. The van der Waals surface area contributed by atoms with Gasteiger partial charge in [0.2, 0.25) is 5.91 Å². The smallest absolute Gasteiger partial charge is 0.275 e. The summed E-state index contributed by atoms with van der Waals surface area (Å²) in [7, 11) is 3.41. The van der Waals surface area contributed by atoms with Gasteiger partial charge in [-0.2, -0.15) is 5.10 Å². The maximum Gasteiger partial charge on any atom is 0.275 e. The normalized spacial score (nSPS) is 10.5. The molecule has 0 bridgehead atoms. The van der Waals surface area contributed by atoms with E-state index in [0.717, 1.165) is 11.1 Å². The predicted molar refractivity (Wildman–Crippen MR) is 102 cm³/mol. The molecule has 2 heterocycles. The predicted octanol–water partition coefficient (Wildman–Crippen LogP) is 1.69. The Morgan fingerprint density at radius 2 is 1.93 bits per heavy atom. The number of nitrogen functional groups attached to an aromatic ring is 1. The van der Waals surface area contributed by atoms with Crippen LogP contribution in [0.4, 0.5) is 17.2 Å². The van der Waals surface area contributed by atoms with E-state index in [-0.39, 0.29) is 11.6 Å². The van der Waals surface area contributed by atoms with E-state index in [1.54, 1.807) is 30.1 Å². The molecule has 0 radical (unpaired) electrons. The molecule has 0 atom stereocenters. The first-order valence-corrected chi connectivity index (χ1v) is 8.11. The minimum atomic E-state index is -0.449. The van der Waals surface area contributed by atoms with Crippen LogP contribution in [0.5, 0.6) is 0 Å². The van der Waals surface area contributed by atoms with Crippen molar-refractivity contribution in [2.75, 3.05) is 23.0 Å². The molecule has 0 aliphatic rings. The molecule has 0 unspecified atom stereocenters. The van der Waals surface area contributed by atoms with Gasteiger partial charge < -0.3 is 11.1 Å². The van der Waals surface area contributed by atoms with Crippen LogP contribution >= 0.6 is 0 Å². The molecular weight excluding hydrogens is 346 g/mol. The molecule has 1 aromatic carbocycles. The zero-order valence-electron chi connectivity index (χ0n) is 15.2. The second kappa shape index (κ2) is 7.24. The van der Waals surface area contributed by atoms with Crippen molar-refractivity contribution < 1.29 is 9.59 Å². The molecule has 0 spiro atoms. The van der Waals surface area contributed by atoms with Crippen LogP contribution in [0.3, 0.4) is 0 Å². The highest BCUT2D eigenvalue weighted by Crippen LogP contribution is 2.27. The second-order valence-corrected chi connectivity index (χ2v) is 6.00. The number of benzene rings is 1. The van der Waals surface area contributed by atoms with Crippen molar-refractivity contribution in [2.45, 2.75) is 6.92 Å². The Morgan fingerprint density at radius 3 is 2.52 bits per heavy atom. The topological polar surface area (TPSA) is 119 Å². The van der Waals surface area contributed by atoms with Gasteiger partial charge in [-0.05, 0) is 17.7 Å². The van der Waals surface area contributed by atoms with E-state index in [2.05, 4.69) is 20.4 Å². The molecule has 0 aliphatic carbocycles. The van der Waals surface area contributed by atoms with Gasteiger partial charge in [0, 0.05) is 32.8 Å². The van der Waals surface area contributed by atoms with Gasteiger partial charge in [0.05, 0.1) is 30.0 Å². The number of nitrogens with zero attached hydrogens (tertiary/aromatic N) is 5. The summed E-state index contributed by atoms with van der Waals surface area (Å²) in [6.07, 6.45) is 6.27. The number of hydrogen-bond donors (Lipinski definition) is 2. The molecule has 0 fully saturated rings. The van der Waals surface area contributed by atoms with Crippen LogP contribution in [0, 0.1) is 0 Å². The van der Waals surface area contributed by atoms with Crippen molar-refractivity contribution in [3.8, 4) is 11.1 Å². The number of rotatable bonds is 4. The van der Waals surface area contributed by atoms with Gasteiger partial charge >= 0.3 is 0 Å². The lowest BCUT2D eigenvalue weighted by Gasteiger charge is -2.13. The van der Waals surface area contributed by atoms with Crippen LogP contribution < -0.4 is 16.0 Å². The summed E-state index contributed by atoms with van der Waals surface area (Å²) in [5, 5.41) is 6.88. The molecule has 2 aromatic heterocycles. The number of aromatic nitrogens is 4. The Balaban J connectivity index is 1.80. The number of carbonyl (C=O) groups excluding carboxylic acids is 2. The molecular formula is C18H19N7O2. The van der Waals surface area contributed by atoms with E-state index in [1.807, 2.05) is 19.3 Å². The lowest BCUT2D eigenvalue weighted by Crippen LogP contribution is -2.24. The molecule has 3 N–H and O–H groups in total. The van der Waals surface area contributed by atoms with Gasteiger partial charge in [0.15, 0.2) is 5.82 Å². The lowest BCUT2D eigenvalue weighted by molar-refractivity contribution is -0.116. The molecule has 0 saturated heterocycles. The summed E-state index contributed by atoms with van der Waals surface area (Å²) in [5.74, 6) is -0.270. The molecule has 2 amide bonds.